The van der Waals surface area contributed by atoms with Crippen molar-refractivity contribution in [2.75, 3.05) is 20.7 Å². The van der Waals surface area contributed by atoms with Gasteiger partial charge in [-0.15, -0.1) is 0 Å². The first kappa shape index (κ1) is 17.8. The van der Waals surface area contributed by atoms with Crippen molar-refractivity contribution in [3.63, 3.8) is 0 Å². The number of fused-ring (bicyclic) bond motifs is 1. The minimum absolute atomic E-state index is 0.0873. The number of Topliss-reactive ketones (excluding diaryl/α,β-unsaturated/α-hetero) is 2. The number of nitrogens with one attached hydrogen (secondary N) is 1. The molecular formula is C21H24N2O5. The van der Waals surface area contributed by atoms with Crippen LogP contribution in [0.15, 0.2) is 18.2 Å². The molecule has 2 heterocycles. The number of carbonyl (C=O) groups excluding carboxylic acids is 3. The predicted octanol–water partition coefficient (Wildman–Crippen LogP) is 0.576. The topological polar surface area (TPSA) is 95.9 Å². The van der Waals surface area contributed by atoms with Crippen LogP contribution in [-0.4, -0.2) is 65.4 Å². The van der Waals surface area contributed by atoms with Crippen LogP contribution >= 0.6 is 0 Å². The Hall–Kier alpha value is -2.25. The van der Waals surface area contributed by atoms with Crippen molar-refractivity contribution in [3.05, 3.63) is 29.3 Å². The molecule has 1 aromatic rings. The van der Waals surface area contributed by atoms with Crippen LogP contribution in [0.4, 0.5) is 0 Å². The SMILES string of the molecule is COc1ccc2c(c1)[C@]13CCN(C)[C@H](C2=O)[C@]1(O)CC[C@@]1(C3)NC(=O)CC1=O. The number of benzene rings is 1. The zero-order valence-corrected chi connectivity index (χ0v) is 16.1. The number of hydrogen-bond donors (Lipinski definition) is 2. The molecule has 1 saturated carbocycles. The number of amides is 1. The molecule has 5 rings (SSSR count). The van der Waals surface area contributed by atoms with Gasteiger partial charge in [-0.25, -0.2) is 0 Å². The number of likely N-dealkylation sites (N-methyl/N-ethyl adjacent to an activating group) is 1. The fourth-order valence-corrected chi connectivity index (χ4v) is 6.29. The molecule has 0 unspecified atom stereocenters. The molecule has 2 N–H and O–H groups in total. The number of ether oxygens (including phenoxy) is 1. The maximum absolute atomic E-state index is 13.3. The summed E-state index contributed by atoms with van der Waals surface area (Å²) in [5.41, 5.74) is -1.69. The number of hydrogen-bond acceptors (Lipinski definition) is 6. The van der Waals surface area contributed by atoms with Gasteiger partial charge in [-0.05, 0) is 63.0 Å². The van der Waals surface area contributed by atoms with Crippen LogP contribution < -0.4 is 10.1 Å². The Kier molecular flexibility index (Phi) is 3.45. The van der Waals surface area contributed by atoms with E-state index in [4.69, 9.17) is 4.74 Å². The van der Waals surface area contributed by atoms with E-state index in [-0.39, 0.29) is 30.3 Å². The summed E-state index contributed by atoms with van der Waals surface area (Å²) in [5, 5.41) is 14.9. The fourth-order valence-electron chi connectivity index (χ4n) is 6.29. The number of likely N-dealkylation sites (tertiary alicyclic amines) is 1. The molecule has 1 aromatic carbocycles. The fraction of sp³-hybridized carbons (Fsp3) is 0.571. The lowest BCUT2D eigenvalue weighted by atomic mass is 9.46. The van der Waals surface area contributed by atoms with Crippen molar-refractivity contribution < 1.29 is 24.2 Å². The van der Waals surface area contributed by atoms with Crippen LogP contribution in [0.3, 0.4) is 0 Å². The largest absolute Gasteiger partial charge is 0.497 e. The van der Waals surface area contributed by atoms with E-state index in [0.717, 1.165) is 5.56 Å². The highest BCUT2D eigenvalue weighted by atomic mass is 16.5. The molecule has 3 fully saturated rings. The second-order valence-electron chi connectivity index (χ2n) is 8.82. The van der Waals surface area contributed by atoms with Gasteiger partial charge < -0.3 is 15.2 Å². The standard InChI is InChI=1S/C21H24N2O5/c1-23-8-7-19-11-20(15(24)10-16(25)22-20)5-6-21(19,27)18(23)17(26)13-4-3-12(28-2)9-14(13)19/h3-4,9,18,27H,5-8,10-11H2,1-2H3,(H,22,25)/t18-,19-,20+,21-/m1/s1. The van der Waals surface area contributed by atoms with Gasteiger partial charge >= 0.3 is 0 Å². The van der Waals surface area contributed by atoms with Crippen LogP contribution in [0.2, 0.25) is 0 Å². The number of piperidine rings is 1. The molecule has 4 atom stereocenters. The zero-order valence-electron chi connectivity index (χ0n) is 16.1. The van der Waals surface area contributed by atoms with Crippen molar-refractivity contribution in [1.82, 2.24) is 10.2 Å². The number of rotatable bonds is 1. The van der Waals surface area contributed by atoms with Gasteiger partial charge in [0.1, 0.15) is 17.3 Å². The Bertz CT molecular complexity index is 929. The third-order valence-corrected chi connectivity index (χ3v) is 7.64. The van der Waals surface area contributed by atoms with E-state index >= 15 is 0 Å². The highest BCUT2D eigenvalue weighted by molar-refractivity contribution is 6.11. The third-order valence-electron chi connectivity index (χ3n) is 7.64. The number of aliphatic hydroxyl groups is 1. The summed E-state index contributed by atoms with van der Waals surface area (Å²) in [6.45, 7) is 0.633. The summed E-state index contributed by atoms with van der Waals surface area (Å²) in [7, 11) is 3.43. The number of methoxy groups -OCH3 is 1. The minimum Gasteiger partial charge on any atom is -0.497 e. The average Bonchev–Trinajstić information content (AvgIpc) is 2.94. The van der Waals surface area contributed by atoms with Gasteiger partial charge in [-0.1, -0.05) is 0 Å². The molecule has 2 aliphatic heterocycles. The van der Waals surface area contributed by atoms with Crippen molar-refractivity contribution in [2.45, 2.75) is 54.7 Å². The van der Waals surface area contributed by atoms with Crippen molar-refractivity contribution in [3.8, 4) is 5.75 Å². The molecule has 4 aliphatic rings. The number of nitrogens with zero attached hydrogens (tertiary/aromatic N) is 1. The second-order valence-corrected chi connectivity index (χ2v) is 8.82. The molecule has 0 radical (unpaired) electrons. The van der Waals surface area contributed by atoms with Crippen LogP contribution in [0, 0.1) is 0 Å². The Morgan fingerprint density at radius 3 is 2.68 bits per heavy atom. The smallest absolute Gasteiger partial charge is 0.228 e. The summed E-state index contributed by atoms with van der Waals surface area (Å²) in [6.07, 6.45) is 1.46. The molecule has 0 aromatic heterocycles. The Morgan fingerprint density at radius 1 is 1.21 bits per heavy atom. The molecular weight excluding hydrogens is 360 g/mol. The van der Waals surface area contributed by atoms with Gasteiger partial charge in [0.05, 0.1) is 19.1 Å². The maximum atomic E-state index is 13.3. The van der Waals surface area contributed by atoms with Gasteiger partial charge in [0, 0.05) is 11.0 Å². The minimum atomic E-state index is -1.28. The van der Waals surface area contributed by atoms with Crippen LogP contribution in [-0.2, 0) is 15.0 Å². The number of ketones is 2. The summed E-state index contributed by atoms with van der Waals surface area (Å²) in [4.78, 5) is 40.1. The monoisotopic (exact) mass is 384 g/mol. The Morgan fingerprint density at radius 2 is 2.00 bits per heavy atom. The van der Waals surface area contributed by atoms with Crippen molar-refractivity contribution >= 4 is 17.5 Å². The zero-order chi connectivity index (χ0) is 19.9. The van der Waals surface area contributed by atoms with Gasteiger partial charge in [0.2, 0.25) is 5.91 Å². The lowest BCUT2D eigenvalue weighted by molar-refractivity contribution is -0.163. The summed E-state index contributed by atoms with van der Waals surface area (Å²) in [6, 6.07) is 4.71. The average molecular weight is 384 g/mol. The van der Waals surface area contributed by atoms with Crippen molar-refractivity contribution in [2.24, 2.45) is 0 Å². The van der Waals surface area contributed by atoms with E-state index in [1.807, 2.05) is 18.0 Å². The number of carbonyl (C=O) groups is 3. The van der Waals surface area contributed by atoms with Gasteiger partial charge in [-0.3, -0.25) is 19.3 Å². The molecule has 2 bridgehead atoms. The first-order valence-electron chi connectivity index (χ1n) is 9.76. The normalized spacial score (nSPS) is 39.5. The Balaban J connectivity index is 1.76. The quantitative estimate of drug-likeness (QED) is 0.688. The highest BCUT2D eigenvalue weighted by Gasteiger charge is 2.70. The molecule has 1 spiro atoms. The van der Waals surface area contributed by atoms with E-state index in [2.05, 4.69) is 5.32 Å². The van der Waals surface area contributed by atoms with Gasteiger partial charge in [0.15, 0.2) is 11.6 Å². The summed E-state index contributed by atoms with van der Waals surface area (Å²) in [5.74, 6) is 0.164. The maximum Gasteiger partial charge on any atom is 0.228 e. The van der Waals surface area contributed by atoms with Crippen LogP contribution in [0.5, 0.6) is 5.75 Å². The van der Waals surface area contributed by atoms with E-state index in [1.54, 1.807) is 19.2 Å². The molecule has 7 heteroatoms. The predicted molar refractivity (Wildman–Crippen MR) is 99.3 cm³/mol. The summed E-state index contributed by atoms with van der Waals surface area (Å²) < 4.78 is 5.40. The van der Waals surface area contributed by atoms with Gasteiger partial charge in [-0.2, -0.15) is 0 Å². The first-order valence-corrected chi connectivity index (χ1v) is 9.76. The summed E-state index contributed by atoms with van der Waals surface area (Å²) >= 11 is 0. The van der Waals surface area contributed by atoms with E-state index in [9.17, 15) is 19.5 Å². The molecule has 28 heavy (non-hydrogen) atoms. The lowest BCUT2D eigenvalue weighted by Crippen LogP contribution is -2.77. The van der Waals surface area contributed by atoms with E-state index in [1.165, 1.54) is 0 Å². The molecule has 1 amide bonds. The van der Waals surface area contributed by atoms with Crippen LogP contribution in [0.1, 0.15) is 48.0 Å². The third kappa shape index (κ3) is 1.93. The molecule has 7 nitrogen and oxygen atoms in total. The molecule has 148 valence electrons. The van der Waals surface area contributed by atoms with Crippen LogP contribution in [0.25, 0.3) is 0 Å². The van der Waals surface area contributed by atoms with E-state index < -0.39 is 22.6 Å². The van der Waals surface area contributed by atoms with E-state index in [0.29, 0.717) is 37.1 Å². The van der Waals surface area contributed by atoms with Crippen molar-refractivity contribution in [1.29, 1.82) is 0 Å². The Labute approximate surface area is 163 Å². The molecule has 2 saturated heterocycles. The first-order chi connectivity index (χ1) is 13.3. The second kappa shape index (κ2) is 5.42. The van der Waals surface area contributed by atoms with Gasteiger partial charge in [0.25, 0.3) is 0 Å². The molecule has 2 aliphatic carbocycles. The highest BCUT2D eigenvalue weighted by Crippen LogP contribution is 2.60. The lowest BCUT2D eigenvalue weighted by Gasteiger charge is -2.64.